The van der Waals surface area contributed by atoms with Crippen molar-refractivity contribution in [2.75, 3.05) is 7.11 Å². The predicted octanol–water partition coefficient (Wildman–Crippen LogP) is 2.50. The topological polar surface area (TPSA) is 55.4 Å². The van der Waals surface area contributed by atoms with Crippen molar-refractivity contribution in [1.29, 1.82) is 0 Å². The predicted molar refractivity (Wildman–Crippen MR) is 79.9 cm³/mol. The largest absolute Gasteiger partial charge is 0.465 e. The van der Waals surface area contributed by atoms with Crippen molar-refractivity contribution in [2.45, 2.75) is 12.5 Å². The molecule has 0 aromatic heterocycles. The molecule has 0 spiro atoms. The maximum absolute atomic E-state index is 11.4. The maximum atomic E-state index is 11.4. The third-order valence-corrected chi connectivity index (χ3v) is 3.29. The summed E-state index contributed by atoms with van der Waals surface area (Å²) < 4.78 is 4.67. The number of methoxy groups -OCH3 is 1. The second-order valence-corrected chi connectivity index (χ2v) is 4.64. The average Bonchev–Trinajstić information content (AvgIpc) is 2.55. The summed E-state index contributed by atoms with van der Waals surface area (Å²) >= 11 is 0. The number of benzene rings is 2. The summed E-state index contributed by atoms with van der Waals surface area (Å²) in [6.07, 6.45) is 1.39. The van der Waals surface area contributed by atoms with Crippen molar-refractivity contribution < 1.29 is 14.3 Å². The molecule has 1 amide bonds. The third-order valence-electron chi connectivity index (χ3n) is 3.29. The van der Waals surface area contributed by atoms with Crippen LogP contribution >= 0.6 is 0 Å². The van der Waals surface area contributed by atoms with Gasteiger partial charge in [-0.05, 0) is 29.7 Å². The second-order valence-electron chi connectivity index (χ2n) is 4.64. The molecule has 0 heterocycles. The first-order chi connectivity index (χ1) is 10.2. The zero-order chi connectivity index (χ0) is 15.1. The second kappa shape index (κ2) is 7.24. The molecule has 0 saturated carbocycles. The Balaban J connectivity index is 2.18. The molecule has 0 aliphatic rings. The van der Waals surface area contributed by atoms with Crippen LogP contribution in [0.2, 0.25) is 0 Å². The molecule has 0 aliphatic carbocycles. The lowest BCUT2D eigenvalue weighted by molar-refractivity contribution is -0.110. The molecule has 0 bridgehead atoms. The molecule has 108 valence electrons. The Morgan fingerprint density at radius 3 is 2.38 bits per heavy atom. The van der Waals surface area contributed by atoms with E-state index in [2.05, 4.69) is 10.1 Å². The number of nitrogens with one attached hydrogen (secondary N) is 1. The third kappa shape index (κ3) is 3.92. The standard InChI is InChI=1S/C17H17NO3/c1-21-17(20)15-9-7-14(8-10-15)16(18-12-19)11-13-5-3-2-4-6-13/h2-10,12,16H,11H2,1H3,(H,18,19). The van der Waals surface area contributed by atoms with Gasteiger partial charge in [-0.25, -0.2) is 4.79 Å². The van der Waals surface area contributed by atoms with Gasteiger partial charge in [0, 0.05) is 0 Å². The van der Waals surface area contributed by atoms with Gasteiger partial charge in [0.05, 0.1) is 18.7 Å². The van der Waals surface area contributed by atoms with Gasteiger partial charge in [0.1, 0.15) is 0 Å². The van der Waals surface area contributed by atoms with Gasteiger partial charge >= 0.3 is 5.97 Å². The molecule has 0 saturated heterocycles. The highest BCUT2D eigenvalue weighted by atomic mass is 16.5. The van der Waals surface area contributed by atoms with Gasteiger partial charge in [-0.15, -0.1) is 0 Å². The minimum Gasteiger partial charge on any atom is -0.465 e. The fourth-order valence-electron chi connectivity index (χ4n) is 2.17. The highest BCUT2D eigenvalue weighted by Gasteiger charge is 2.12. The molecule has 0 fully saturated rings. The van der Waals surface area contributed by atoms with Crippen molar-refractivity contribution in [2.24, 2.45) is 0 Å². The van der Waals surface area contributed by atoms with Gasteiger partial charge in [0.25, 0.3) is 0 Å². The van der Waals surface area contributed by atoms with Crippen molar-refractivity contribution in [1.82, 2.24) is 5.32 Å². The Morgan fingerprint density at radius 2 is 1.81 bits per heavy atom. The van der Waals surface area contributed by atoms with Crippen LogP contribution in [0.15, 0.2) is 54.6 Å². The van der Waals surface area contributed by atoms with E-state index >= 15 is 0 Å². The SMILES string of the molecule is COC(=O)c1ccc(C(Cc2ccccc2)NC=O)cc1. The fourth-order valence-corrected chi connectivity index (χ4v) is 2.17. The Kier molecular flexibility index (Phi) is 5.10. The van der Waals surface area contributed by atoms with Crippen LogP contribution in [-0.2, 0) is 16.0 Å². The van der Waals surface area contributed by atoms with Crippen LogP contribution in [0.25, 0.3) is 0 Å². The van der Waals surface area contributed by atoms with Gasteiger partial charge in [0.15, 0.2) is 0 Å². The summed E-state index contributed by atoms with van der Waals surface area (Å²) in [6.45, 7) is 0. The quantitative estimate of drug-likeness (QED) is 0.654. The number of ether oxygens (including phenoxy) is 1. The molecule has 1 unspecified atom stereocenters. The molecule has 2 aromatic rings. The number of esters is 1. The van der Waals surface area contributed by atoms with E-state index in [0.29, 0.717) is 18.4 Å². The first kappa shape index (κ1) is 14.8. The Hall–Kier alpha value is -2.62. The first-order valence-electron chi connectivity index (χ1n) is 6.66. The van der Waals surface area contributed by atoms with Crippen LogP contribution in [0, 0.1) is 0 Å². The highest BCUT2D eigenvalue weighted by molar-refractivity contribution is 5.89. The molecule has 2 aromatic carbocycles. The van der Waals surface area contributed by atoms with Crippen molar-refractivity contribution in [3.05, 3.63) is 71.3 Å². The normalized spacial score (nSPS) is 11.5. The molecule has 0 aliphatic heterocycles. The van der Waals surface area contributed by atoms with E-state index in [0.717, 1.165) is 11.1 Å². The van der Waals surface area contributed by atoms with Crippen LogP contribution in [0.3, 0.4) is 0 Å². The van der Waals surface area contributed by atoms with Gasteiger partial charge in [-0.3, -0.25) is 4.79 Å². The molecule has 1 atom stereocenters. The van der Waals surface area contributed by atoms with Gasteiger partial charge < -0.3 is 10.1 Å². The van der Waals surface area contributed by atoms with E-state index in [9.17, 15) is 9.59 Å². The zero-order valence-electron chi connectivity index (χ0n) is 11.8. The monoisotopic (exact) mass is 283 g/mol. The molecule has 4 nitrogen and oxygen atoms in total. The molecule has 1 N–H and O–H groups in total. The van der Waals surface area contributed by atoms with Crippen LogP contribution in [0.1, 0.15) is 27.5 Å². The summed E-state index contributed by atoms with van der Waals surface area (Å²) in [6, 6.07) is 16.9. The minimum atomic E-state index is -0.371. The summed E-state index contributed by atoms with van der Waals surface area (Å²) in [4.78, 5) is 22.2. The Morgan fingerprint density at radius 1 is 1.14 bits per heavy atom. The summed E-state index contributed by atoms with van der Waals surface area (Å²) in [5.74, 6) is -0.371. The van der Waals surface area contributed by atoms with E-state index in [-0.39, 0.29) is 12.0 Å². The number of hydrogen-bond acceptors (Lipinski definition) is 3. The van der Waals surface area contributed by atoms with Crippen molar-refractivity contribution in [3.8, 4) is 0 Å². The first-order valence-corrected chi connectivity index (χ1v) is 6.66. The minimum absolute atomic E-state index is 0.128. The number of rotatable bonds is 6. The Bertz CT molecular complexity index is 593. The molecule has 4 heteroatoms. The lowest BCUT2D eigenvalue weighted by atomic mass is 9.98. The number of amides is 1. The van der Waals surface area contributed by atoms with Gasteiger partial charge in [-0.2, -0.15) is 0 Å². The molecular formula is C17H17NO3. The summed E-state index contributed by atoms with van der Waals surface area (Å²) in [7, 11) is 1.35. The van der Waals surface area contributed by atoms with Crippen LogP contribution < -0.4 is 5.32 Å². The van der Waals surface area contributed by atoms with E-state index in [1.165, 1.54) is 7.11 Å². The molecule has 2 rings (SSSR count). The molecule has 0 radical (unpaired) electrons. The summed E-state index contributed by atoms with van der Waals surface area (Å²) in [5.41, 5.74) is 2.57. The highest BCUT2D eigenvalue weighted by Crippen LogP contribution is 2.19. The number of hydrogen-bond donors (Lipinski definition) is 1. The lowest BCUT2D eigenvalue weighted by Gasteiger charge is -2.17. The number of carbonyl (C=O) groups is 2. The zero-order valence-corrected chi connectivity index (χ0v) is 11.8. The molecule has 21 heavy (non-hydrogen) atoms. The average molecular weight is 283 g/mol. The fraction of sp³-hybridized carbons (Fsp3) is 0.176. The van der Waals surface area contributed by atoms with Crippen LogP contribution in [0.4, 0.5) is 0 Å². The smallest absolute Gasteiger partial charge is 0.337 e. The van der Waals surface area contributed by atoms with Crippen LogP contribution in [-0.4, -0.2) is 19.5 Å². The van der Waals surface area contributed by atoms with Gasteiger partial charge in [0.2, 0.25) is 6.41 Å². The maximum Gasteiger partial charge on any atom is 0.337 e. The van der Waals surface area contributed by atoms with E-state index in [1.54, 1.807) is 12.1 Å². The van der Waals surface area contributed by atoms with E-state index < -0.39 is 0 Å². The van der Waals surface area contributed by atoms with E-state index in [4.69, 9.17) is 0 Å². The van der Waals surface area contributed by atoms with Crippen molar-refractivity contribution >= 4 is 12.4 Å². The van der Waals surface area contributed by atoms with Crippen molar-refractivity contribution in [3.63, 3.8) is 0 Å². The summed E-state index contributed by atoms with van der Waals surface area (Å²) in [5, 5.41) is 2.81. The molecular weight excluding hydrogens is 266 g/mol. The number of carbonyl (C=O) groups excluding carboxylic acids is 2. The van der Waals surface area contributed by atoms with Gasteiger partial charge in [-0.1, -0.05) is 42.5 Å². The van der Waals surface area contributed by atoms with Crippen LogP contribution in [0.5, 0.6) is 0 Å². The Labute approximate surface area is 123 Å². The lowest BCUT2D eigenvalue weighted by Crippen LogP contribution is -2.21. The van der Waals surface area contributed by atoms with E-state index in [1.807, 2.05) is 42.5 Å².